The fraction of sp³-hybridized carbons (Fsp3) is 0.808. The zero-order valence-corrected chi connectivity index (χ0v) is 68.8. The minimum absolute atomic E-state index is 0.0665. The zero-order valence-electron chi connectivity index (χ0n) is 68.8. The smallest absolute Gasteiger partial charge is 0.311 e. The van der Waals surface area contributed by atoms with Crippen molar-refractivity contribution >= 4 is 35.0 Å². The Balaban J connectivity index is 0.000000224. The highest BCUT2D eigenvalue weighted by Crippen LogP contribution is 2.58. The maximum Gasteiger partial charge on any atom is 0.311 e. The third kappa shape index (κ3) is 18.5. The highest BCUT2D eigenvalue weighted by atomic mass is 16.7. The highest BCUT2D eigenvalue weighted by Gasteiger charge is 2.67. The van der Waals surface area contributed by atoms with Crippen molar-refractivity contribution in [1.29, 1.82) is 0 Å². The number of hydrogen-bond donors (Lipinski definition) is 19. The number of cyclic esters (lactones) is 1. The molecule has 1 amide bonds. The standard InChI is InChI=1S/C37H67NO13.C22H24N2O8.C19H39N5O7/c1-14-25-37(10,45)30(41)20(4)27(39)18(2)16-35(8,44)32(51-34-28(40)24(38(11)12)15-19(3)47-34)21(5)29(22(6)33(43)49-25)50-26-17-36(9,46-13)31(42)23(7)48-26;1-21(31)8-5-4-6-11(25)12(8)16(26)13-9(21)7-10-15(24(2)3)17(27)14(20(23)30)19(29)22(10,32)18(13)28;1-19(27)7-28-18(13(26)16(19)24-2)31-15-11(23)5-10(22)14(12(15)25)30-17-9(21)4-3-8(6-20)29-17/h18-26,28-32,34,40-42,44-45H,14-17H2,1-13H3;4-6,9-10,15,25-26,29,31-32H,7H2,1-3H3,(H2,23,30);8-18,24-27H,3-7,20-23H2,1-2H3/t18-,19-,20+,21+,22-,23+,24+,25-,26+,28-,29+,30-,31+,32-,34+,35-,36-,37-;9-,10-,15-,21+,22-;8-,9+,10-,11+,12-,13+,14?,15-,16+,17+,18+,19-/m100/s1. The number of amides is 1. The van der Waals surface area contributed by atoms with Gasteiger partial charge in [-0.2, -0.15) is 0 Å². The fourth-order valence-corrected chi connectivity index (χ4v) is 18.6. The third-order valence-corrected chi connectivity index (χ3v) is 25.4. The molecular formula is C78H130N8O28. The number of ether oxygens (including phenoxy) is 10. The van der Waals surface area contributed by atoms with E-state index in [4.69, 9.17) is 76.0 Å². The van der Waals surface area contributed by atoms with E-state index in [9.17, 15) is 90.4 Å². The number of phenols is 1. The summed E-state index contributed by atoms with van der Waals surface area (Å²) < 4.78 is 60.3. The number of likely N-dealkylation sites (N-methyl/N-ethyl adjacent to an activating group) is 3. The van der Waals surface area contributed by atoms with Crippen LogP contribution in [0, 0.1) is 35.5 Å². The van der Waals surface area contributed by atoms with Crippen molar-refractivity contribution < 1.29 is 138 Å². The molecular weight excluding hydrogens is 1500 g/mol. The molecule has 114 heavy (non-hydrogen) atoms. The first kappa shape index (κ1) is 94.5. The van der Waals surface area contributed by atoms with Crippen LogP contribution in [-0.2, 0) is 76.9 Å². The summed E-state index contributed by atoms with van der Waals surface area (Å²) in [5, 5.41) is 147. The summed E-state index contributed by atoms with van der Waals surface area (Å²) in [6.07, 6.45) is -14.4. The number of carbonyl (C=O) groups excluding carboxylic acids is 5. The quantitative estimate of drug-likeness (QED) is 0.0634. The molecule has 24 N–H and O–H groups in total. The average molecular weight is 1630 g/mol. The van der Waals surface area contributed by atoms with E-state index >= 15 is 0 Å². The second-order valence-electron chi connectivity index (χ2n) is 34.6. The van der Waals surface area contributed by atoms with Crippen molar-refractivity contribution in [3.63, 3.8) is 0 Å². The molecule has 5 aliphatic heterocycles. The van der Waals surface area contributed by atoms with E-state index in [2.05, 4.69) is 5.32 Å². The van der Waals surface area contributed by atoms with Crippen LogP contribution in [0.5, 0.6) is 5.75 Å². The van der Waals surface area contributed by atoms with Gasteiger partial charge in [-0.1, -0.05) is 39.8 Å². The number of carbonyl (C=O) groups is 5. The van der Waals surface area contributed by atoms with Gasteiger partial charge in [-0.25, -0.2) is 0 Å². The first-order valence-corrected chi connectivity index (χ1v) is 39.4. The van der Waals surface area contributed by atoms with Gasteiger partial charge in [0.25, 0.3) is 5.91 Å². The molecule has 0 radical (unpaired) electrons. The number of hydrogen-bond acceptors (Lipinski definition) is 35. The number of nitrogens with two attached hydrogens (primary N) is 5. The molecule has 10 rings (SSSR count). The molecule has 36 heteroatoms. The first-order valence-electron chi connectivity index (χ1n) is 39.4. The number of ketones is 3. The van der Waals surface area contributed by atoms with Gasteiger partial charge in [-0.15, -0.1) is 0 Å². The maximum atomic E-state index is 14.1. The minimum atomic E-state index is -2.75. The molecule has 0 aromatic heterocycles. The molecule has 2 saturated carbocycles. The number of methoxy groups -OCH3 is 1. The second kappa shape index (κ2) is 36.5. The van der Waals surface area contributed by atoms with Gasteiger partial charge in [-0.3, -0.25) is 28.9 Å². The summed E-state index contributed by atoms with van der Waals surface area (Å²) in [6.45, 7) is 19.6. The minimum Gasteiger partial charge on any atom is -0.508 e. The third-order valence-electron chi connectivity index (χ3n) is 25.4. The predicted molar refractivity (Wildman–Crippen MR) is 407 cm³/mol. The van der Waals surface area contributed by atoms with Gasteiger partial charge in [0.1, 0.15) is 82.6 Å². The lowest BCUT2D eigenvalue weighted by Crippen LogP contribution is -2.68. The number of aliphatic hydroxyl groups is 12. The number of benzene rings is 1. The number of nitrogens with zero attached hydrogens (tertiary/aromatic N) is 2. The number of esters is 1. The van der Waals surface area contributed by atoms with Crippen molar-refractivity contribution in [3.05, 3.63) is 46.2 Å². The largest absolute Gasteiger partial charge is 0.508 e. The lowest BCUT2D eigenvalue weighted by molar-refractivity contribution is -0.318. The molecule has 36 nitrogen and oxygen atoms in total. The Kier molecular flexibility index (Phi) is 30.3. The molecule has 0 bridgehead atoms. The number of rotatable bonds is 15. The molecule has 4 aliphatic carbocycles. The number of fused-ring (bicyclic) bond motifs is 3. The Morgan fingerprint density at radius 2 is 1.32 bits per heavy atom. The SMILES string of the molecule is CC[C@H]1OC(=O)[C@H](C)[C@@H](O[C@H]2C[C@@](C)(OC)[C@@H](O)[C@H](C)O2)[C@H](C)[C@@H](O[C@@H]2O[C@H](C)C[C@H](N(C)C)[C@H]2O)[C@](C)(O)C[C@@H](C)C(=O)[C@H](C)[C@@H](O)[C@]1(C)O.CN(C)[C@@H]1C(=O)C(C(N)=O)=C(O)[C@@]2(O)C(=O)C3=C(O)c4c(O)cccc4[C@@](C)(O)[C@H]3C[C@@H]12.CN[C@@H]1[C@@H](O)[C@@H](O[C@H]2[C@H](N)C[C@H](N)C(O[C@H]3O[C@H](CN)CC[C@H]3N)[C@@H]2O)OC[C@]1(C)O. The molecule has 1 aromatic carbocycles. The number of aliphatic hydroxyl groups excluding tert-OH is 7. The molecule has 1 unspecified atom stereocenters. The van der Waals surface area contributed by atoms with E-state index in [1.165, 1.54) is 72.0 Å². The van der Waals surface area contributed by atoms with Crippen LogP contribution in [0.1, 0.15) is 146 Å². The molecule has 9 aliphatic rings. The molecule has 7 fully saturated rings. The van der Waals surface area contributed by atoms with Gasteiger partial charge < -0.3 is 153 Å². The second-order valence-corrected chi connectivity index (χ2v) is 34.6. The molecule has 650 valence electrons. The molecule has 0 spiro atoms. The fourth-order valence-electron chi connectivity index (χ4n) is 18.6. The van der Waals surface area contributed by atoms with Crippen LogP contribution in [0.3, 0.4) is 0 Å². The van der Waals surface area contributed by atoms with Crippen LogP contribution < -0.4 is 34.0 Å². The van der Waals surface area contributed by atoms with Gasteiger partial charge in [0.05, 0.1) is 89.6 Å². The Labute approximate surface area is 665 Å². The lowest BCUT2D eigenvalue weighted by Gasteiger charge is -2.53. The van der Waals surface area contributed by atoms with Gasteiger partial charge >= 0.3 is 5.97 Å². The van der Waals surface area contributed by atoms with Crippen LogP contribution >= 0.6 is 0 Å². The Morgan fingerprint density at radius 1 is 0.702 bits per heavy atom. The Morgan fingerprint density at radius 3 is 1.88 bits per heavy atom. The molecule has 1 aromatic rings. The summed E-state index contributed by atoms with van der Waals surface area (Å²) in [4.78, 5) is 69.8. The number of Topliss-reactive ketones (excluding diaryl/α,β-unsaturated/α-hetero) is 3. The number of primary amides is 1. The van der Waals surface area contributed by atoms with Crippen molar-refractivity contribution in [3.8, 4) is 5.75 Å². The number of aromatic hydroxyl groups is 1. The summed E-state index contributed by atoms with van der Waals surface area (Å²) in [7, 11) is 9.81. The predicted octanol–water partition coefficient (Wildman–Crippen LogP) is -2.56. The summed E-state index contributed by atoms with van der Waals surface area (Å²) in [5.41, 5.74) is 17.6. The van der Waals surface area contributed by atoms with E-state index in [1.54, 1.807) is 55.5 Å². The van der Waals surface area contributed by atoms with Crippen LogP contribution in [0.25, 0.3) is 5.76 Å². The highest BCUT2D eigenvalue weighted by molar-refractivity contribution is 6.24. The van der Waals surface area contributed by atoms with E-state index in [-0.39, 0.29) is 67.7 Å². The normalized spacial score (nSPS) is 45.9. The van der Waals surface area contributed by atoms with E-state index in [0.29, 0.717) is 25.8 Å². The molecule has 5 saturated heterocycles. The number of nitrogens with one attached hydrogen (secondary N) is 1. The number of phenolic OH excluding ortho intramolecular Hbond substituents is 1. The topological polar surface area (TPSA) is 589 Å². The van der Waals surface area contributed by atoms with E-state index < -0.39 is 243 Å². The average Bonchev–Trinajstić information content (AvgIpc) is 0.687. The summed E-state index contributed by atoms with van der Waals surface area (Å²) >= 11 is 0. The van der Waals surface area contributed by atoms with Crippen LogP contribution in [0.15, 0.2) is 35.1 Å². The summed E-state index contributed by atoms with van der Waals surface area (Å²) in [6, 6.07) is 0.436. The van der Waals surface area contributed by atoms with Crippen molar-refractivity contribution in [2.24, 2.45) is 64.2 Å². The van der Waals surface area contributed by atoms with Crippen LogP contribution in [0.4, 0.5) is 0 Å². The Hall–Kier alpha value is -4.99. The zero-order chi connectivity index (χ0) is 85.8. The van der Waals surface area contributed by atoms with E-state index in [1.807, 2.05) is 25.9 Å². The maximum absolute atomic E-state index is 14.1. The monoisotopic (exact) mass is 1630 g/mol. The van der Waals surface area contributed by atoms with Gasteiger partial charge in [-0.05, 0) is 147 Å². The Bertz CT molecular complexity index is 3600. The van der Waals surface area contributed by atoms with Gasteiger partial charge in [0.15, 0.2) is 36.5 Å². The van der Waals surface area contributed by atoms with E-state index in [0.717, 1.165) is 6.42 Å². The van der Waals surface area contributed by atoms with Crippen molar-refractivity contribution in [1.82, 2.24) is 15.1 Å². The van der Waals surface area contributed by atoms with Gasteiger partial charge in [0, 0.05) is 73.4 Å². The first-order chi connectivity index (χ1) is 52.8. The summed E-state index contributed by atoms with van der Waals surface area (Å²) in [5.74, 6) is -12.9. The molecule has 35 atom stereocenters. The van der Waals surface area contributed by atoms with Crippen molar-refractivity contribution in [2.45, 2.75) is 309 Å². The molecule has 5 heterocycles. The van der Waals surface area contributed by atoms with Gasteiger partial charge in [0.2, 0.25) is 5.78 Å². The van der Waals surface area contributed by atoms with Crippen LogP contribution in [0.2, 0.25) is 0 Å². The van der Waals surface area contributed by atoms with Crippen LogP contribution in [-0.4, -0.2) is 330 Å². The lowest BCUT2D eigenvalue weighted by atomic mass is 9.54. The van der Waals surface area contributed by atoms with Crippen molar-refractivity contribution in [2.75, 3.05) is 55.5 Å².